The largest absolute Gasteiger partial charge is 0.416 e. The number of hydrogen-bond donors (Lipinski definition) is 2. The molecule has 1 aliphatic rings. The molecule has 0 aliphatic carbocycles. The Morgan fingerprint density at radius 3 is 2.86 bits per heavy atom. The van der Waals surface area contributed by atoms with Crippen LogP contribution in [0.5, 0.6) is 0 Å². The molecule has 1 aliphatic heterocycles. The van der Waals surface area contributed by atoms with Gasteiger partial charge < -0.3 is 20.1 Å². The molecular formula is C19H20F3N3O3. The lowest BCUT2D eigenvalue weighted by Crippen LogP contribution is -2.52. The molecule has 2 heterocycles. The summed E-state index contributed by atoms with van der Waals surface area (Å²) in [6.45, 7) is 2.11. The van der Waals surface area contributed by atoms with Gasteiger partial charge in [0.1, 0.15) is 5.82 Å². The number of benzene rings is 1. The summed E-state index contributed by atoms with van der Waals surface area (Å²) in [7, 11) is 0. The number of carbonyl (C=O) groups is 1. The number of aromatic nitrogens is 1. The Morgan fingerprint density at radius 1 is 1.36 bits per heavy atom. The maximum atomic E-state index is 13.0. The van der Waals surface area contributed by atoms with E-state index in [0.29, 0.717) is 0 Å². The van der Waals surface area contributed by atoms with Gasteiger partial charge in [0.15, 0.2) is 0 Å². The van der Waals surface area contributed by atoms with E-state index in [1.54, 1.807) is 17.0 Å². The molecule has 0 radical (unpaired) electrons. The van der Waals surface area contributed by atoms with Crippen molar-refractivity contribution in [2.24, 2.45) is 0 Å². The fourth-order valence-electron chi connectivity index (χ4n) is 2.95. The maximum Gasteiger partial charge on any atom is 0.416 e. The maximum absolute atomic E-state index is 13.0. The zero-order chi connectivity index (χ0) is 20.3. The highest BCUT2D eigenvalue weighted by Gasteiger charge is 2.32. The van der Waals surface area contributed by atoms with Crippen LogP contribution < -0.4 is 5.32 Å². The van der Waals surface area contributed by atoms with Crippen molar-refractivity contribution >= 4 is 17.4 Å². The molecule has 0 saturated carbocycles. The van der Waals surface area contributed by atoms with Crippen LogP contribution in [0.1, 0.15) is 22.8 Å². The molecule has 9 heteroatoms. The lowest BCUT2D eigenvalue weighted by Gasteiger charge is -2.37. The third-order valence-electron chi connectivity index (χ3n) is 4.46. The molecule has 0 spiro atoms. The molecule has 150 valence electrons. The molecule has 6 nitrogen and oxygen atoms in total. The zero-order valence-electron chi connectivity index (χ0n) is 15.1. The minimum absolute atomic E-state index is 0.158. The van der Waals surface area contributed by atoms with E-state index < -0.39 is 17.8 Å². The van der Waals surface area contributed by atoms with Crippen LogP contribution in [0.4, 0.5) is 24.7 Å². The Labute approximate surface area is 159 Å². The number of carbonyl (C=O) groups excluding carboxylic acids is 1. The van der Waals surface area contributed by atoms with Crippen LogP contribution in [0.25, 0.3) is 0 Å². The van der Waals surface area contributed by atoms with E-state index in [9.17, 15) is 23.1 Å². The molecule has 2 N–H and O–H groups in total. The Hall–Kier alpha value is -2.65. The number of rotatable bonds is 4. The first-order chi connectivity index (χ1) is 13.3. The van der Waals surface area contributed by atoms with Crippen LogP contribution in [0, 0.1) is 0 Å². The smallest absolute Gasteiger partial charge is 0.394 e. The minimum atomic E-state index is -4.47. The lowest BCUT2D eigenvalue weighted by molar-refractivity contribution is -0.137. The SMILES string of the molecule is CC1COC(CO)CN1C(=O)c1cccnc1Nc1cccc(C(F)(F)F)c1. The number of amides is 1. The number of halogens is 3. The Kier molecular flexibility index (Phi) is 5.85. The highest BCUT2D eigenvalue weighted by molar-refractivity contribution is 5.99. The Balaban J connectivity index is 1.86. The summed E-state index contributed by atoms with van der Waals surface area (Å²) in [5.74, 6) is -0.178. The van der Waals surface area contributed by atoms with Crippen molar-refractivity contribution in [3.63, 3.8) is 0 Å². The normalized spacial score (nSPS) is 20.1. The summed E-state index contributed by atoms with van der Waals surface area (Å²) in [5.41, 5.74) is -0.398. The molecular weight excluding hydrogens is 375 g/mol. The summed E-state index contributed by atoms with van der Waals surface area (Å²) in [6, 6.07) is 7.61. The lowest BCUT2D eigenvalue weighted by atomic mass is 10.1. The number of aliphatic hydroxyl groups is 1. The van der Waals surface area contributed by atoms with Gasteiger partial charge in [-0.25, -0.2) is 4.98 Å². The van der Waals surface area contributed by atoms with Gasteiger partial charge in [-0.15, -0.1) is 0 Å². The van der Waals surface area contributed by atoms with Crippen molar-refractivity contribution in [2.45, 2.75) is 25.2 Å². The molecule has 28 heavy (non-hydrogen) atoms. The molecule has 1 aromatic heterocycles. The van der Waals surface area contributed by atoms with Gasteiger partial charge in [0.05, 0.1) is 36.5 Å². The van der Waals surface area contributed by atoms with Gasteiger partial charge in [-0.1, -0.05) is 6.07 Å². The third-order valence-corrected chi connectivity index (χ3v) is 4.46. The van der Waals surface area contributed by atoms with E-state index in [1.807, 2.05) is 6.92 Å². The standard InChI is InChI=1S/C19H20F3N3O3/c1-12-11-28-15(10-26)9-25(12)18(27)16-6-3-7-23-17(16)24-14-5-2-4-13(8-14)19(20,21)22/h2-8,12,15,26H,9-11H2,1H3,(H,23,24). The van der Waals surface area contributed by atoms with Crippen molar-refractivity contribution < 1.29 is 27.8 Å². The third kappa shape index (κ3) is 4.42. The number of nitrogens with one attached hydrogen (secondary N) is 1. The molecule has 0 bridgehead atoms. The Morgan fingerprint density at radius 2 is 2.14 bits per heavy atom. The molecule has 1 amide bonds. The molecule has 1 aromatic carbocycles. The van der Waals surface area contributed by atoms with E-state index >= 15 is 0 Å². The zero-order valence-corrected chi connectivity index (χ0v) is 15.1. The van der Waals surface area contributed by atoms with Gasteiger partial charge in [-0.2, -0.15) is 13.2 Å². The number of nitrogens with zero attached hydrogens (tertiary/aromatic N) is 2. The summed E-state index contributed by atoms with van der Waals surface area (Å²) in [6.07, 6.45) is -3.49. The number of pyridine rings is 1. The van der Waals surface area contributed by atoms with Crippen molar-refractivity contribution in [1.29, 1.82) is 0 Å². The molecule has 1 fully saturated rings. The van der Waals surface area contributed by atoms with Crippen LogP contribution in [-0.2, 0) is 10.9 Å². The first-order valence-corrected chi connectivity index (χ1v) is 8.72. The number of morpholine rings is 1. The van der Waals surface area contributed by atoms with E-state index in [4.69, 9.17) is 4.74 Å². The first kappa shape index (κ1) is 20.1. The second-order valence-electron chi connectivity index (χ2n) is 6.55. The number of anilines is 2. The number of aliphatic hydroxyl groups excluding tert-OH is 1. The van der Waals surface area contributed by atoms with Crippen molar-refractivity contribution in [3.05, 3.63) is 53.7 Å². The second-order valence-corrected chi connectivity index (χ2v) is 6.55. The van der Waals surface area contributed by atoms with Gasteiger partial charge >= 0.3 is 6.18 Å². The van der Waals surface area contributed by atoms with Crippen LogP contribution in [-0.4, -0.2) is 52.8 Å². The fourth-order valence-corrected chi connectivity index (χ4v) is 2.95. The van der Waals surface area contributed by atoms with Gasteiger partial charge in [-0.05, 0) is 37.3 Å². The van der Waals surface area contributed by atoms with E-state index in [2.05, 4.69) is 10.3 Å². The van der Waals surface area contributed by atoms with Crippen molar-refractivity contribution in [1.82, 2.24) is 9.88 Å². The van der Waals surface area contributed by atoms with E-state index in [-0.39, 0.29) is 48.8 Å². The Bertz CT molecular complexity index is 844. The number of hydrogen-bond acceptors (Lipinski definition) is 5. The highest BCUT2D eigenvalue weighted by Crippen LogP contribution is 2.31. The average Bonchev–Trinajstić information content (AvgIpc) is 2.68. The highest BCUT2D eigenvalue weighted by atomic mass is 19.4. The summed E-state index contributed by atoms with van der Waals surface area (Å²) in [5, 5.41) is 12.1. The summed E-state index contributed by atoms with van der Waals surface area (Å²) in [4.78, 5) is 18.7. The predicted octanol–water partition coefficient (Wildman–Crippen LogP) is 3.07. The van der Waals surface area contributed by atoms with Crippen molar-refractivity contribution in [2.75, 3.05) is 25.1 Å². The number of alkyl halides is 3. The predicted molar refractivity (Wildman–Crippen MR) is 96.3 cm³/mol. The molecule has 2 atom stereocenters. The topological polar surface area (TPSA) is 74.7 Å². The van der Waals surface area contributed by atoms with E-state index in [1.165, 1.54) is 18.3 Å². The van der Waals surface area contributed by atoms with Gasteiger partial charge in [0, 0.05) is 18.4 Å². The van der Waals surface area contributed by atoms with Crippen LogP contribution >= 0.6 is 0 Å². The summed E-state index contributed by atoms with van der Waals surface area (Å²) >= 11 is 0. The van der Waals surface area contributed by atoms with Gasteiger partial charge in [0.25, 0.3) is 5.91 Å². The van der Waals surface area contributed by atoms with Crippen LogP contribution in [0.3, 0.4) is 0 Å². The van der Waals surface area contributed by atoms with Gasteiger partial charge in [-0.3, -0.25) is 4.79 Å². The minimum Gasteiger partial charge on any atom is -0.394 e. The first-order valence-electron chi connectivity index (χ1n) is 8.72. The molecule has 3 rings (SSSR count). The average molecular weight is 395 g/mol. The molecule has 1 saturated heterocycles. The van der Waals surface area contributed by atoms with Crippen LogP contribution in [0.15, 0.2) is 42.6 Å². The fraction of sp³-hybridized carbons (Fsp3) is 0.368. The number of ether oxygens (including phenoxy) is 1. The van der Waals surface area contributed by atoms with Gasteiger partial charge in [0.2, 0.25) is 0 Å². The summed E-state index contributed by atoms with van der Waals surface area (Å²) < 4.78 is 44.2. The van der Waals surface area contributed by atoms with Crippen molar-refractivity contribution in [3.8, 4) is 0 Å². The molecule has 2 aromatic rings. The quantitative estimate of drug-likeness (QED) is 0.832. The van der Waals surface area contributed by atoms with Crippen LogP contribution in [0.2, 0.25) is 0 Å². The molecule has 2 unspecified atom stereocenters. The monoisotopic (exact) mass is 395 g/mol. The van der Waals surface area contributed by atoms with E-state index in [0.717, 1.165) is 12.1 Å². The second kappa shape index (κ2) is 8.15.